The molecule has 0 unspecified atom stereocenters. The van der Waals surface area contributed by atoms with Crippen LogP contribution in [-0.2, 0) is 16.4 Å². The molecular weight excluding hydrogens is 460 g/mol. The van der Waals surface area contributed by atoms with Gasteiger partial charge >= 0.3 is 0 Å². The molecular formula is C20H29BrN2O5S. The molecule has 162 valence electrons. The van der Waals surface area contributed by atoms with E-state index in [4.69, 9.17) is 19.3 Å². The predicted molar refractivity (Wildman–Crippen MR) is 119 cm³/mol. The van der Waals surface area contributed by atoms with Gasteiger partial charge in [-0.3, -0.25) is 0 Å². The lowest BCUT2D eigenvalue weighted by Crippen LogP contribution is -2.32. The van der Waals surface area contributed by atoms with Crippen LogP contribution in [0.1, 0.15) is 19.4 Å². The average molecular weight is 489 g/mol. The fraction of sp³-hybridized carbons (Fsp3) is 0.400. The van der Waals surface area contributed by atoms with E-state index in [0.717, 1.165) is 11.3 Å². The molecule has 2 aromatic carbocycles. The lowest BCUT2D eigenvalue weighted by atomic mass is 10.1. The molecule has 0 aliphatic carbocycles. The fourth-order valence-corrected chi connectivity index (χ4v) is 3.55. The number of hydrogen-bond donors (Lipinski definition) is 2. The lowest BCUT2D eigenvalue weighted by Gasteiger charge is -2.16. The summed E-state index contributed by atoms with van der Waals surface area (Å²) < 4.78 is 39.9. The first-order chi connectivity index (χ1) is 13.3. The number of primary sulfonamides is 1. The number of nitrogens with one attached hydrogen (secondary N) is 1. The highest BCUT2D eigenvalue weighted by molar-refractivity contribution is 8.93. The van der Waals surface area contributed by atoms with Crippen molar-refractivity contribution in [2.24, 2.45) is 5.14 Å². The first-order valence-electron chi connectivity index (χ1n) is 9.13. The van der Waals surface area contributed by atoms with Gasteiger partial charge in [-0.05, 0) is 50.1 Å². The largest absolute Gasteiger partial charge is 0.495 e. The Labute approximate surface area is 183 Å². The Hall–Kier alpha value is -1.81. The summed E-state index contributed by atoms with van der Waals surface area (Å²) in [6.45, 7) is 5.66. The summed E-state index contributed by atoms with van der Waals surface area (Å²) >= 11 is 0. The Morgan fingerprint density at radius 2 is 1.72 bits per heavy atom. The van der Waals surface area contributed by atoms with Crippen LogP contribution in [0, 0.1) is 0 Å². The number of benzene rings is 2. The molecule has 29 heavy (non-hydrogen) atoms. The molecule has 0 aliphatic heterocycles. The highest BCUT2D eigenvalue weighted by Gasteiger charge is 2.16. The molecule has 0 saturated heterocycles. The van der Waals surface area contributed by atoms with Crippen LogP contribution in [0.25, 0.3) is 0 Å². The Balaban J connectivity index is 0.00000420. The summed E-state index contributed by atoms with van der Waals surface area (Å²) in [6, 6.07) is 12.7. The van der Waals surface area contributed by atoms with Crippen molar-refractivity contribution in [1.29, 1.82) is 0 Å². The smallest absolute Gasteiger partial charge is 0.241 e. The van der Waals surface area contributed by atoms with Crippen molar-refractivity contribution in [3.63, 3.8) is 0 Å². The van der Waals surface area contributed by atoms with Gasteiger partial charge in [-0.15, -0.1) is 17.0 Å². The quantitative estimate of drug-likeness (QED) is 0.471. The van der Waals surface area contributed by atoms with Gasteiger partial charge in [-0.25, -0.2) is 13.6 Å². The van der Waals surface area contributed by atoms with E-state index in [1.54, 1.807) is 12.1 Å². The summed E-state index contributed by atoms with van der Waals surface area (Å²) in [5.41, 5.74) is 0.854. The minimum Gasteiger partial charge on any atom is -0.495 e. The molecule has 0 spiro atoms. The maximum atomic E-state index is 11.7. The van der Waals surface area contributed by atoms with Gasteiger partial charge in [-0.1, -0.05) is 18.2 Å². The van der Waals surface area contributed by atoms with E-state index < -0.39 is 10.0 Å². The summed E-state index contributed by atoms with van der Waals surface area (Å²) in [4.78, 5) is -0.00411. The molecule has 0 fully saturated rings. The van der Waals surface area contributed by atoms with Crippen molar-refractivity contribution in [1.82, 2.24) is 5.32 Å². The Morgan fingerprint density at radius 1 is 1.07 bits per heavy atom. The van der Waals surface area contributed by atoms with Crippen molar-refractivity contribution in [2.75, 3.05) is 26.9 Å². The lowest BCUT2D eigenvalue weighted by molar-refractivity contribution is 0.272. The van der Waals surface area contributed by atoms with Crippen LogP contribution in [0.5, 0.6) is 17.2 Å². The second kappa shape index (κ2) is 12.0. The van der Waals surface area contributed by atoms with Crippen molar-refractivity contribution < 1.29 is 22.6 Å². The SMILES string of the molecule is Br.CCOc1ccccc1OCCN[C@H](C)Cc1ccc(OC)c(S(N)(=O)=O)c1. The van der Waals surface area contributed by atoms with Gasteiger partial charge in [0.1, 0.15) is 17.3 Å². The number of methoxy groups -OCH3 is 1. The Kier molecular flexibility index (Phi) is 10.5. The van der Waals surface area contributed by atoms with Crippen LogP contribution in [0.15, 0.2) is 47.4 Å². The standard InChI is InChI=1S/C20H28N2O5S.BrH/c1-4-26-17-7-5-6-8-18(17)27-12-11-22-15(2)13-16-9-10-19(25-3)20(14-16)28(21,23)24;/h5-10,14-15,22H,4,11-13H2,1-3H3,(H2,21,23,24);1H/t15-;/m1./s1. The normalized spacial score (nSPS) is 12.0. The molecule has 0 amide bonds. The molecule has 0 aliphatic rings. The number of nitrogens with two attached hydrogens (primary N) is 1. The van der Waals surface area contributed by atoms with Gasteiger partial charge in [0.2, 0.25) is 10.0 Å². The van der Waals surface area contributed by atoms with Crippen LogP contribution in [0.3, 0.4) is 0 Å². The van der Waals surface area contributed by atoms with E-state index in [-0.39, 0.29) is 33.7 Å². The number of para-hydroxylation sites is 2. The molecule has 9 heteroatoms. The molecule has 0 radical (unpaired) electrons. The zero-order valence-corrected chi connectivity index (χ0v) is 19.4. The molecule has 2 aromatic rings. The monoisotopic (exact) mass is 488 g/mol. The maximum absolute atomic E-state index is 11.7. The first kappa shape index (κ1) is 25.2. The topological polar surface area (TPSA) is 99.9 Å². The molecule has 2 rings (SSSR count). The van der Waals surface area contributed by atoms with E-state index in [9.17, 15) is 8.42 Å². The number of sulfonamides is 1. The second-order valence-electron chi connectivity index (χ2n) is 6.32. The van der Waals surface area contributed by atoms with E-state index in [0.29, 0.717) is 31.9 Å². The van der Waals surface area contributed by atoms with Crippen LogP contribution in [-0.4, -0.2) is 41.3 Å². The van der Waals surface area contributed by atoms with Gasteiger partial charge in [0.15, 0.2) is 11.5 Å². The summed E-state index contributed by atoms with van der Waals surface area (Å²) in [6.07, 6.45) is 0.641. The van der Waals surface area contributed by atoms with E-state index in [1.807, 2.05) is 44.2 Å². The third-order valence-corrected chi connectivity index (χ3v) is 5.01. The zero-order chi connectivity index (χ0) is 20.6. The predicted octanol–water partition coefficient (Wildman–Crippen LogP) is 2.92. The molecule has 7 nitrogen and oxygen atoms in total. The summed E-state index contributed by atoms with van der Waals surface area (Å²) in [7, 11) is -2.43. The highest BCUT2D eigenvalue weighted by atomic mass is 79.9. The van der Waals surface area contributed by atoms with Crippen molar-refractivity contribution in [3.8, 4) is 17.2 Å². The summed E-state index contributed by atoms with van der Waals surface area (Å²) in [5, 5.41) is 8.63. The third-order valence-electron chi connectivity index (χ3n) is 4.08. The van der Waals surface area contributed by atoms with Crippen LogP contribution < -0.4 is 24.7 Å². The number of rotatable bonds is 11. The van der Waals surface area contributed by atoms with E-state index in [2.05, 4.69) is 5.32 Å². The highest BCUT2D eigenvalue weighted by Crippen LogP contribution is 2.26. The molecule has 0 aromatic heterocycles. The van der Waals surface area contributed by atoms with Crippen LogP contribution >= 0.6 is 17.0 Å². The third kappa shape index (κ3) is 7.85. The Bertz CT molecular complexity index is 877. The van der Waals surface area contributed by atoms with Crippen molar-refractivity contribution in [3.05, 3.63) is 48.0 Å². The second-order valence-corrected chi connectivity index (χ2v) is 7.85. The van der Waals surface area contributed by atoms with Crippen molar-refractivity contribution in [2.45, 2.75) is 31.2 Å². The zero-order valence-electron chi connectivity index (χ0n) is 16.9. The molecule has 0 heterocycles. The van der Waals surface area contributed by atoms with Gasteiger partial charge in [0, 0.05) is 12.6 Å². The maximum Gasteiger partial charge on any atom is 0.241 e. The minimum absolute atomic E-state index is 0. The molecule has 0 bridgehead atoms. The van der Waals surface area contributed by atoms with Gasteiger partial charge < -0.3 is 19.5 Å². The van der Waals surface area contributed by atoms with Crippen LogP contribution in [0.4, 0.5) is 0 Å². The number of halogens is 1. The first-order valence-corrected chi connectivity index (χ1v) is 10.7. The molecule has 3 N–H and O–H groups in total. The Morgan fingerprint density at radius 3 is 2.31 bits per heavy atom. The summed E-state index contributed by atoms with van der Waals surface area (Å²) in [5.74, 6) is 1.69. The molecule has 0 saturated carbocycles. The fourth-order valence-electron chi connectivity index (χ4n) is 2.81. The average Bonchev–Trinajstić information content (AvgIpc) is 2.66. The van der Waals surface area contributed by atoms with Gasteiger partial charge in [-0.2, -0.15) is 0 Å². The van der Waals surface area contributed by atoms with Gasteiger partial charge in [0.05, 0.1) is 13.7 Å². The van der Waals surface area contributed by atoms with Crippen LogP contribution in [0.2, 0.25) is 0 Å². The number of hydrogen-bond acceptors (Lipinski definition) is 6. The minimum atomic E-state index is -3.84. The van der Waals surface area contributed by atoms with Gasteiger partial charge in [0.25, 0.3) is 0 Å². The molecule has 1 atom stereocenters. The van der Waals surface area contributed by atoms with E-state index in [1.165, 1.54) is 7.11 Å². The van der Waals surface area contributed by atoms with Crippen molar-refractivity contribution >= 4 is 27.0 Å². The number of ether oxygens (including phenoxy) is 3. The van der Waals surface area contributed by atoms with E-state index >= 15 is 0 Å².